The molecule has 3 aliphatic rings. The summed E-state index contributed by atoms with van der Waals surface area (Å²) in [7, 11) is 0. The molecule has 3 unspecified atom stereocenters. The van der Waals surface area contributed by atoms with E-state index in [0.29, 0.717) is 18.6 Å². The first-order valence-electron chi connectivity index (χ1n) is 9.80. The lowest BCUT2D eigenvalue weighted by molar-refractivity contribution is -0.120. The maximum atomic E-state index is 12.0. The van der Waals surface area contributed by atoms with Crippen LogP contribution in [-0.2, 0) is 4.79 Å². The number of H-pyrrole nitrogens is 1. The quantitative estimate of drug-likeness (QED) is 0.642. The maximum Gasteiger partial charge on any atom is 0.186 e. The Balaban J connectivity index is 1.60. The molecule has 27 heavy (non-hydrogen) atoms. The predicted octanol–water partition coefficient (Wildman–Crippen LogP) is 2.61. The van der Waals surface area contributed by atoms with Crippen molar-refractivity contribution in [3.63, 3.8) is 0 Å². The number of fused-ring (bicyclic) bond motifs is 3. The summed E-state index contributed by atoms with van der Waals surface area (Å²) in [5, 5.41) is 18.6. The van der Waals surface area contributed by atoms with E-state index in [1.165, 1.54) is 0 Å². The third-order valence-corrected chi connectivity index (χ3v) is 7.19. The van der Waals surface area contributed by atoms with Crippen molar-refractivity contribution in [3.05, 3.63) is 9.77 Å². The molecule has 7 nitrogen and oxygen atoms in total. The number of halogens is 1. The number of aliphatic hydroxyl groups is 1. The number of nitrogens with zero attached hydrogens (tertiary/aromatic N) is 4. The standard InChI is InChI=1S/C19H24IN5O2/c1-10-6-13(26)4-5-24(10)15-9-16(21-19-17(15)18(20)22-23-19)25-11-2-3-12(25)8-14(27)7-11/h9-13,26H,2-8H2,1H3,(H,21,22,23)/t10-,11?,12?,13?/m1/s1. The van der Waals surface area contributed by atoms with Crippen LogP contribution in [-0.4, -0.2) is 56.8 Å². The summed E-state index contributed by atoms with van der Waals surface area (Å²) < 4.78 is 0.992. The van der Waals surface area contributed by atoms with E-state index >= 15 is 0 Å². The van der Waals surface area contributed by atoms with Crippen LogP contribution in [0, 0.1) is 3.70 Å². The van der Waals surface area contributed by atoms with Crippen molar-refractivity contribution >= 4 is 50.9 Å². The first-order valence-corrected chi connectivity index (χ1v) is 10.9. The van der Waals surface area contributed by atoms with E-state index < -0.39 is 0 Å². The highest BCUT2D eigenvalue weighted by molar-refractivity contribution is 14.1. The van der Waals surface area contributed by atoms with Gasteiger partial charge in [0.1, 0.15) is 15.3 Å². The summed E-state index contributed by atoms with van der Waals surface area (Å²) in [6.45, 7) is 3.00. The molecular formula is C19H24IN5O2. The monoisotopic (exact) mass is 481 g/mol. The number of carbonyl (C=O) groups excluding carboxylic acids is 1. The van der Waals surface area contributed by atoms with Crippen molar-refractivity contribution in [1.82, 2.24) is 15.2 Å². The van der Waals surface area contributed by atoms with Gasteiger partial charge in [-0.05, 0) is 55.2 Å². The molecule has 3 aliphatic heterocycles. The number of aliphatic hydroxyl groups excluding tert-OH is 1. The van der Waals surface area contributed by atoms with Gasteiger partial charge in [0.2, 0.25) is 0 Å². The second-order valence-electron chi connectivity index (χ2n) is 8.20. The van der Waals surface area contributed by atoms with Gasteiger partial charge >= 0.3 is 0 Å². The van der Waals surface area contributed by atoms with Crippen molar-refractivity contribution < 1.29 is 9.90 Å². The van der Waals surface area contributed by atoms with Gasteiger partial charge in [0.25, 0.3) is 0 Å². The number of piperidine rings is 2. The summed E-state index contributed by atoms with van der Waals surface area (Å²) in [5.74, 6) is 1.33. The van der Waals surface area contributed by atoms with Crippen LogP contribution in [0.5, 0.6) is 0 Å². The molecule has 3 fully saturated rings. The van der Waals surface area contributed by atoms with Crippen molar-refractivity contribution in [2.24, 2.45) is 0 Å². The lowest BCUT2D eigenvalue weighted by atomic mass is 9.99. The molecule has 2 aromatic rings. The first-order chi connectivity index (χ1) is 13.0. The lowest BCUT2D eigenvalue weighted by Gasteiger charge is -2.39. The number of hydrogen-bond donors (Lipinski definition) is 2. The van der Waals surface area contributed by atoms with Gasteiger partial charge in [0.15, 0.2) is 5.65 Å². The van der Waals surface area contributed by atoms with Crippen LogP contribution in [0.4, 0.5) is 11.5 Å². The van der Waals surface area contributed by atoms with Gasteiger partial charge < -0.3 is 14.9 Å². The average Bonchev–Trinajstić information content (AvgIpc) is 3.12. The van der Waals surface area contributed by atoms with Crippen molar-refractivity contribution in [1.29, 1.82) is 0 Å². The Morgan fingerprint density at radius 2 is 2.00 bits per heavy atom. The zero-order chi connectivity index (χ0) is 18.7. The SMILES string of the molecule is C[C@@H]1CC(O)CCN1c1cc(N2C3CCC2CC(=O)C3)nc2n[nH]c(I)c12. The largest absolute Gasteiger partial charge is 0.393 e. The van der Waals surface area contributed by atoms with E-state index in [2.05, 4.69) is 55.6 Å². The van der Waals surface area contributed by atoms with E-state index in [9.17, 15) is 9.90 Å². The molecule has 8 heteroatoms. The number of ketones is 1. The van der Waals surface area contributed by atoms with E-state index in [-0.39, 0.29) is 24.2 Å². The van der Waals surface area contributed by atoms with Gasteiger partial charge in [-0.1, -0.05) is 0 Å². The fourth-order valence-electron chi connectivity index (χ4n) is 5.16. The second-order valence-corrected chi connectivity index (χ2v) is 9.27. The zero-order valence-electron chi connectivity index (χ0n) is 15.4. The molecule has 0 spiro atoms. The molecule has 144 valence electrons. The number of rotatable bonds is 2. The van der Waals surface area contributed by atoms with Crippen LogP contribution in [0.25, 0.3) is 11.0 Å². The summed E-state index contributed by atoms with van der Waals surface area (Å²) in [6, 6.07) is 2.99. The van der Waals surface area contributed by atoms with Crippen LogP contribution in [0.1, 0.15) is 45.4 Å². The number of nitrogens with one attached hydrogen (secondary N) is 1. The Morgan fingerprint density at radius 3 is 2.70 bits per heavy atom. The van der Waals surface area contributed by atoms with Crippen LogP contribution >= 0.6 is 22.6 Å². The van der Waals surface area contributed by atoms with Crippen molar-refractivity contribution in [2.75, 3.05) is 16.3 Å². The van der Waals surface area contributed by atoms with Gasteiger partial charge in [-0.25, -0.2) is 4.98 Å². The molecule has 0 aromatic carbocycles. The highest BCUT2D eigenvalue weighted by Gasteiger charge is 2.41. The average molecular weight is 481 g/mol. The molecule has 0 amide bonds. The van der Waals surface area contributed by atoms with Crippen LogP contribution in [0.2, 0.25) is 0 Å². The number of carbonyl (C=O) groups is 1. The number of Topliss-reactive ketones (excluding diaryl/α,β-unsaturated/α-hetero) is 1. The molecule has 5 rings (SSSR count). The normalized spacial score (nSPS) is 31.1. The molecule has 2 bridgehead atoms. The summed E-state index contributed by atoms with van der Waals surface area (Å²) in [4.78, 5) is 21.6. The summed E-state index contributed by atoms with van der Waals surface area (Å²) in [5.41, 5.74) is 1.88. The third-order valence-electron chi connectivity index (χ3n) is 6.41. The number of anilines is 2. The topological polar surface area (TPSA) is 85.3 Å². The van der Waals surface area contributed by atoms with Gasteiger partial charge in [-0.3, -0.25) is 9.89 Å². The minimum atomic E-state index is -0.222. The smallest absolute Gasteiger partial charge is 0.186 e. The Morgan fingerprint density at radius 1 is 1.26 bits per heavy atom. The highest BCUT2D eigenvalue weighted by atomic mass is 127. The Hall–Kier alpha value is -1.42. The molecule has 4 atom stereocenters. The summed E-state index contributed by atoms with van der Waals surface area (Å²) >= 11 is 2.28. The van der Waals surface area contributed by atoms with E-state index in [1.807, 2.05) is 0 Å². The van der Waals surface area contributed by atoms with Gasteiger partial charge in [0.05, 0.1) is 17.2 Å². The molecule has 0 radical (unpaired) electrons. The van der Waals surface area contributed by atoms with Gasteiger partial charge in [-0.15, -0.1) is 0 Å². The second kappa shape index (κ2) is 6.58. The summed E-state index contributed by atoms with van der Waals surface area (Å²) in [6.07, 6.45) is 4.73. The van der Waals surface area contributed by atoms with Crippen LogP contribution in [0.3, 0.4) is 0 Å². The molecule has 2 aromatic heterocycles. The first kappa shape index (κ1) is 17.7. The fourth-order valence-corrected chi connectivity index (χ4v) is 5.80. The minimum Gasteiger partial charge on any atom is -0.393 e. The minimum absolute atomic E-state index is 0.222. The lowest BCUT2D eigenvalue weighted by Crippen LogP contribution is -2.44. The van der Waals surface area contributed by atoms with Gasteiger partial charge in [0, 0.05) is 43.6 Å². The molecule has 3 saturated heterocycles. The number of aromatic nitrogens is 3. The Bertz CT molecular complexity index is 884. The van der Waals surface area contributed by atoms with E-state index in [1.54, 1.807) is 0 Å². The number of aromatic amines is 1. The van der Waals surface area contributed by atoms with Crippen LogP contribution < -0.4 is 9.80 Å². The van der Waals surface area contributed by atoms with Gasteiger partial charge in [-0.2, -0.15) is 5.10 Å². The molecular weight excluding hydrogens is 457 g/mol. The van der Waals surface area contributed by atoms with Crippen molar-refractivity contribution in [2.45, 2.75) is 69.7 Å². The Kier molecular flexibility index (Phi) is 4.30. The number of pyridine rings is 1. The Labute approximate surface area is 171 Å². The van der Waals surface area contributed by atoms with Crippen molar-refractivity contribution in [3.8, 4) is 0 Å². The molecule has 2 N–H and O–H groups in total. The van der Waals surface area contributed by atoms with Crippen LogP contribution in [0.15, 0.2) is 6.07 Å². The van der Waals surface area contributed by atoms with E-state index in [4.69, 9.17) is 4.98 Å². The maximum absolute atomic E-state index is 12.0. The predicted molar refractivity (Wildman–Crippen MR) is 112 cm³/mol. The zero-order valence-corrected chi connectivity index (χ0v) is 17.5. The fraction of sp³-hybridized carbons (Fsp3) is 0.632. The van der Waals surface area contributed by atoms with E-state index in [0.717, 1.165) is 58.5 Å². The highest BCUT2D eigenvalue weighted by Crippen LogP contribution is 2.41. The third kappa shape index (κ3) is 2.91. The number of hydrogen-bond acceptors (Lipinski definition) is 6. The molecule has 0 aliphatic carbocycles. The molecule has 5 heterocycles. The molecule has 0 saturated carbocycles.